The lowest BCUT2D eigenvalue weighted by atomic mass is 10.1. The van der Waals surface area contributed by atoms with Crippen LogP contribution < -0.4 is 20.1 Å². The number of hydrogen-bond donors (Lipinski definition) is 2. The summed E-state index contributed by atoms with van der Waals surface area (Å²) >= 11 is 6.26. The van der Waals surface area contributed by atoms with Gasteiger partial charge in [-0.2, -0.15) is 0 Å². The minimum Gasteiger partial charge on any atom is -0.489 e. The third-order valence-electron chi connectivity index (χ3n) is 4.12. The maximum atomic E-state index is 12.7. The molecule has 6 nitrogen and oxygen atoms in total. The number of anilines is 1. The lowest BCUT2D eigenvalue weighted by molar-refractivity contribution is -0.114. The number of amides is 2. The fourth-order valence-electron chi connectivity index (χ4n) is 2.81. The standard InChI is InChI=1S/C20H21ClN2O4/c1-12(14-5-3-6-16(9-14)23-13(2)24)22-20(25)15-10-17(21)19-18(11-15)26-7-4-8-27-19/h3,5-6,9-12H,4,7-8H2,1-2H3,(H,22,25)(H,23,24). The van der Waals surface area contributed by atoms with Crippen molar-refractivity contribution in [3.05, 3.63) is 52.5 Å². The maximum Gasteiger partial charge on any atom is 0.251 e. The van der Waals surface area contributed by atoms with Crippen molar-refractivity contribution < 1.29 is 19.1 Å². The van der Waals surface area contributed by atoms with Crippen LogP contribution in [0.3, 0.4) is 0 Å². The van der Waals surface area contributed by atoms with E-state index in [1.165, 1.54) is 6.92 Å². The van der Waals surface area contributed by atoms with Crippen molar-refractivity contribution in [2.24, 2.45) is 0 Å². The first-order chi connectivity index (χ1) is 12.9. The van der Waals surface area contributed by atoms with Crippen LogP contribution in [0.25, 0.3) is 0 Å². The number of carbonyl (C=O) groups excluding carboxylic acids is 2. The summed E-state index contributed by atoms with van der Waals surface area (Å²) in [5, 5.41) is 6.02. The Morgan fingerprint density at radius 1 is 1.15 bits per heavy atom. The zero-order chi connectivity index (χ0) is 19.4. The van der Waals surface area contributed by atoms with Gasteiger partial charge in [-0.3, -0.25) is 9.59 Å². The molecule has 0 spiro atoms. The average Bonchev–Trinajstić information content (AvgIpc) is 2.87. The molecule has 2 N–H and O–H groups in total. The number of ether oxygens (including phenoxy) is 2. The number of carbonyl (C=O) groups is 2. The van der Waals surface area contributed by atoms with Gasteiger partial charge in [0.2, 0.25) is 5.91 Å². The first-order valence-electron chi connectivity index (χ1n) is 8.71. The van der Waals surface area contributed by atoms with Gasteiger partial charge in [-0.25, -0.2) is 0 Å². The van der Waals surface area contributed by atoms with Crippen molar-refractivity contribution >= 4 is 29.1 Å². The molecule has 0 saturated heterocycles. The van der Waals surface area contributed by atoms with Gasteiger partial charge in [-0.1, -0.05) is 23.7 Å². The fourth-order valence-corrected chi connectivity index (χ4v) is 3.08. The Kier molecular flexibility index (Phi) is 5.86. The monoisotopic (exact) mass is 388 g/mol. The summed E-state index contributed by atoms with van der Waals surface area (Å²) in [5.41, 5.74) is 1.95. The molecule has 142 valence electrons. The zero-order valence-electron chi connectivity index (χ0n) is 15.2. The van der Waals surface area contributed by atoms with Gasteiger partial charge in [0.05, 0.1) is 24.3 Å². The normalized spacial score (nSPS) is 14.0. The lowest BCUT2D eigenvalue weighted by Crippen LogP contribution is -2.26. The molecule has 2 amide bonds. The Labute approximate surface area is 162 Å². The predicted molar refractivity (Wildman–Crippen MR) is 104 cm³/mol. The zero-order valence-corrected chi connectivity index (χ0v) is 15.9. The molecule has 0 aromatic heterocycles. The second kappa shape index (κ2) is 8.31. The second-order valence-corrected chi connectivity index (χ2v) is 6.74. The van der Waals surface area contributed by atoms with Crippen LogP contribution >= 0.6 is 11.6 Å². The third kappa shape index (κ3) is 4.71. The van der Waals surface area contributed by atoms with Crippen molar-refractivity contribution in [3.63, 3.8) is 0 Å². The summed E-state index contributed by atoms with van der Waals surface area (Å²) < 4.78 is 11.2. The first-order valence-corrected chi connectivity index (χ1v) is 9.09. The van der Waals surface area contributed by atoms with Crippen molar-refractivity contribution in [1.29, 1.82) is 0 Å². The van der Waals surface area contributed by atoms with Crippen molar-refractivity contribution in [1.82, 2.24) is 5.32 Å². The van der Waals surface area contributed by atoms with Crippen LogP contribution in [-0.4, -0.2) is 25.0 Å². The molecule has 1 heterocycles. The van der Waals surface area contributed by atoms with Crippen LogP contribution in [0.4, 0.5) is 5.69 Å². The van der Waals surface area contributed by atoms with Gasteiger partial charge >= 0.3 is 0 Å². The summed E-state index contributed by atoms with van der Waals surface area (Å²) in [6, 6.07) is 10.3. The van der Waals surface area contributed by atoms with E-state index in [1.807, 2.05) is 25.1 Å². The Morgan fingerprint density at radius 3 is 2.70 bits per heavy atom. The average molecular weight is 389 g/mol. The van der Waals surface area contributed by atoms with Gasteiger partial charge < -0.3 is 20.1 Å². The predicted octanol–water partition coefficient (Wildman–Crippen LogP) is 3.95. The van der Waals surface area contributed by atoms with Gasteiger partial charge in [0, 0.05) is 24.6 Å². The van der Waals surface area contributed by atoms with Crippen molar-refractivity contribution in [2.45, 2.75) is 26.3 Å². The van der Waals surface area contributed by atoms with Crippen LogP contribution in [0.1, 0.15) is 42.2 Å². The van der Waals surface area contributed by atoms with Crippen LogP contribution in [0.2, 0.25) is 5.02 Å². The molecule has 0 bridgehead atoms. The van der Waals surface area contributed by atoms with E-state index in [2.05, 4.69) is 10.6 Å². The Balaban J connectivity index is 1.76. The molecular formula is C20H21ClN2O4. The molecule has 0 saturated carbocycles. The summed E-state index contributed by atoms with van der Waals surface area (Å²) in [4.78, 5) is 23.9. The summed E-state index contributed by atoms with van der Waals surface area (Å²) in [6.07, 6.45) is 0.758. The molecule has 0 aliphatic carbocycles. The van der Waals surface area contributed by atoms with E-state index in [9.17, 15) is 9.59 Å². The molecule has 2 aromatic rings. The van der Waals surface area contributed by atoms with E-state index in [-0.39, 0.29) is 17.9 Å². The molecule has 27 heavy (non-hydrogen) atoms. The van der Waals surface area contributed by atoms with E-state index in [0.29, 0.717) is 41.0 Å². The lowest BCUT2D eigenvalue weighted by Gasteiger charge is -2.17. The highest BCUT2D eigenvalue weighted by atomic mass is 35.5. The van der Waals surface area contributed by atoms with E-state index < -0.39 is 0 Å². The topological polar surface area (TPSA) is 76.7 Å². The number of hydrogen-bond acceptors (Lipinski definition) is 4. The minimum absolute atomic E-state index is 0.148. The highest BCUT2D eigenvalue weighted by Crippen LogP contribution is 2.38. The van der Waals surface area contributed by atoms with Gasteiger partial charge in [0.15, 0.2) is 11.5 Å². The number of halogens is 1. The molecule has 2 aromatic carbocycles. The molecule has 1 aliphatic heterocycles. The van der Waals surface area contributed by atoms with Crippen LogP contribution in [0.5, 0.6) is 11.5 Å². The van der Waals surface area contributed by atoms with E-state index >= 15 is 0 Å². The number of rotatable bonds is 4. The van der Waals surface area contributed by atoms with Gasteiger partial charge in [0.25, 0.3) is 5.91 Å². The van der Waals surface area contributed by atoms with Crippen LogP contribution in [0, 0.1) is 0 Å². The molecular weight excluding hydrogens is 368 g/mol. The van der Waals surface area contributed by atoms with Crippen LogP contribution in [-0.2, 0) is 4.79 Å². The highest BCUT2D eigenvalue weighted by molar-refractivity contribution is 6.32. The largest absolute Gasteiger partial charge is 0.489 e. The van der Waals surface area contributed by atoms with Gasteiger partial charge in [-0.05, 0) is 36.8 Å². The smallest absolute Gasteiger partial charge is 0.251 e. The van der Waals surface area contributed by atoms with Crippen molar-refractivity contribution in [2.75, 3.05) is 18.5 Å². The van der Waals surface area contributed by atoms with Crippen molar-refractivity contribution in [3.8, 4) is 11.5 Å². The Hall–Kier alpha value is -2.73. The third-order valence-corrected chi connectivity index (χ3v) is 4.40. The Morgan fingerprint density at radius 2 is 1.93 bits per heavy atom. The maximum absolute atomic E-state index is 12.7. The van der Waals surface area contributed by atoms with Crippen LogP contribution in [0.15, 0.2) is 36.4 Å². The molecule has 3 rings (SSSR count). The molecule has 1 aliphatic rings. The first kappa shape index (κ1) is 19.0. The summed E-state index contributed by atoms with van der Waals surface area (Å²) in [7, 11) is 0. The molecule has 1 unspecified atom stereocenters. The molecule has 7 heteroatoms. The number of benzene rings is 2. The summed E-state index contributed by atoms with van der Waals surface area (Å²) in [6.45, 7) is 4.36. The summed E-state index contributed by atoms with van der Waals surface area (Å²) in [5.74, 6) is 0.530. The SMILES string of the molecule is CC(=O)Nc1cccc(C(C)NC(=O)c2cc(Cl)c3c(c2)OCCCO3)c1. The van der Waals surface area contributed by atoms with Gasteiger partial charge in [0.1, 0.15) is 0 Å². The quantitative estimate of drug-likeness (QED) is 0.831. The number of fused-ring (bicyclic) bond motifs is 1. The minimum atomic E-state index is -0.273. The van der Waals surface area contributed by atoms with E-state index in [4.69, 9.17) is 21.1 Å². The highest BCUT2D eigenvalue weighted by Gasteiger charge is 2.19. The fraction of sp³-hybridized carbons (Fsp3) is 0.300. The second-order valence-electron chi connectivity index (χ2n) is 6.34. The molecule has 0 fully saturated rings. The number of nitrogens with one attached hydrogen (secondary N) is 2. The Bertz CT molecular complexity index is 869. The van der Waals surface area contributed by atoms with E-state index in [1.54, 1.807) is 18.2 Å². The van der Waals surface area contributed by atoms with Gasteiger partial charge in [-0.15, -0.1) is 0 Å². The van der Waals surface area contributed by atoms with E-state index in [0.717, 1.165) is 12.0 Å². The molecule has 1 atom stereocenters. The molecule has 0 radical (unpaired) electrons.